The summed E-state index contributed by atoms with van der Waals surface area (Å²) in [5, 5.41) is 0. The number of piperazine rings is 1. The molecule has 2 aliphatic rings. The van der Waals surface area contributed by atoms with Crippen LogP contribution in [0.1, 0.15) is 30.0 Å². The Hall–Kier alpha value is -2.73. The number of rotatable bonds is 6. The minimum absolute atomic E-state index is 0.0844. The second-order valence-corrected chi connectivity index (χ2v) is 8.00. The van der Waals surface area contributed by atoms with Crippen LogP contribution in [0, 0.1) is 13.8 Å². The molecule has 30 heavy (non-hydrogen) atoms. The molecule has 2 heterocycles. The third-order valence-corrected chi connectivity index (χ3v) is 6.00. The summed E-state index contributed by atoms with van der Waals surface area (Å²) < 4.78 is 17.0. The van der Waals surface area contributed by atoms with Gasteiger partial charge in [-0.25, -0.2) is 0 Å². The van der Waals surface area contributed by atoms with Gasteiger partial charge in [-0.2, -0.15) is 0 Å². The zero-order valence-electron chi connectivity index (χ0n) is 18.0. The van der Waals surface area contributed by atoms with Crippen molar-refractivity contribution in [2.75, 3.05) is 33.0 Å². The SMILES string of the molecule is CC[C@@H](Oc1cccc(C)c1C)C(=O)N1CCN(Cc2ccc3c(c2)OCO3)CC1. The van der Waals surface area contributed by atoms with Crippen LogP contribution in [0.3, 0.4) is 0 Å². The number of nitrogens with zero attached hydrogens (tertiary/aromatic N) is 2. The van der Waals surface area contributed by atoms with Gasteiger partial charge < -0.3 is 19.1 Å². The number of amides is 1. The molecule has 6 heteroatoms. The Morgan fingerprint density at radius 2 is 1.83 bits per heavy atom. The number of carbonyl (C=O) groups excluding carboxylic acids is 1. The first-order chi connectivity index (χ1) is 14.5. The molecule has 0 aromatic heterocycles. The Labute approximate surface area is 178 Å². The fourth-order valence-electron chi connectivity index (χ4n) is 3.94. The Bertz CT molecular complexity index is 906. The van der Waals surface area contributed by atoms with Crippen molar-refractivity contribution in [3.05, 3.63) is 53.1 Å². The van der Waals surface area contributed by atoms with Crippen molar-refractivity contribution < 1.29 is 19.0 Å². The van der Waals surface area contributed by atoms with Crippen molar-refractivity contribution in [1.82, 2.24) is 9.80 Å². The van der Waals surface area contributed by atoms with Crippen LogP contribution >= 0.6 is 0 Å². The van der Waals surface area contributed by atoms with E-state index in [1.54, 1.807) is 0 Å². The van der Waals surface area contributed by atoms with Gasteiger partial charge in [0.25, 0.3) is 5.91 Å². The van der Waals surface area contributed by atoms with Crippen LogP contribution in [0.5, 0.6) is 17.2 Å². The van der Waals surface area contributed by atoms with E-state index in [2.05, 4.69) is 24.0 Å². The fourth-order valence-corrected chi connectivity index (χ4v) is 3.94. The fraction of sp³-hybridized carbons (Fsp3) is 0.458. The summed E-state index contributed by atoms with van der Waals surface area (Å²) in [6, 6.07) is 12.1. The van der Waals surface area contributed by atoms with Gasteiger partial charge in [0.2, 0.25) is 6.79 Å². The lowest BCUT2D eigenvalue weighted by Crippen LogP contribution is -2.52. The molecule has 1 saturated heterocycles. The number of benzene rings is 2. The van der Waals surface area contributed by atoms with E-state index >= 15 is 0 Å². The van der Waals surface area contributed by atoms with Crippen molar-refractivity contribution in [3.8, 4) is 17.2 Å². The van der Waals surface area contributed by atoms with E-state index in [0.717, 1.165) is 55.5 Å². The smallest absolute Gasteiger partial charge is 0.263 e. The van der Waals surface area contributed by atoms with E-state index in [-0.39, 0.29) is 5.91 Å². The maximum atomic E-state index is 13.1. The maximum Gasteiger partial charge on any atom is 0.263 e. The highest BCUT2D eigenvalue weighted by atomic mass is 16.7. The van der Waals surface area contributed by atoms with E-state index in [9.17, 15) is 4.79 Å². The van der Waals surface area contributed by atoms with Gasteiger partial charge in [-0.15, -0.1) is 0 Å². The lowest BCUT2D eigenvalue weighted by atomic mass is 10.1. The lowest BCUT2D eigenvalue weighted by molar-refractivity contribution is -0.140. The van der Waals surface area contributed by atoms with Crippen molar-refractivity contribution in [2.45, 2.75) is 39.8 Å². The summed E-state index contributed by atoms with van der Waals surface area (Å²) in [6.45, 7) is 10.4. The van der Waals surface area contributed by atoms with Gasteiger partial charge in [-0.05, 0) is 55.2 Å². The van der Waals surface area contributed by atoms with Crippen molar-refractivity contribution in [2.24, 2.45) is 0 Å². The van der Waals surface area contributed by atoms with Gasteiger partial charge >= 0.3 is 0 Å². The van der Waals surface area contributed by atoms with Gasteiger partial charge in [0.15, 0.2) is 17.6 Å². The molecule has 0 aliphatic carbocycles. The Morgan fingerprint density at radius 3 is 2.60 bits per heavy atom. The summed E-state index contributed by atoms with van der Waals surface area (Å²) in [4.78, 5) is 17.4. The highest BCUT2D eigenvalue weighted by Gasteiger charge is 2.28. The molecule has 0 N–H and O–H groups in total. The molecule has 2 aromatic carbocycles. The second-order valence-electron chi connectivity index (χ2n) is 8.00. The van der Waals surface area contributed by atoms with Crippen LogP contribution in [-0.2, 0) is 11.3 Å². The Balaban J connectivity index is 1.32. The topological polar surface area (TPSA) is 51.2 Å². The molecule has 0 unspecified atom stereocenters. The predicted molar refractivity (Wildman–Crippen MR) is 115 cm³/mol. The zero-order chi connectivity index (χ0) is 21.1. The first-order valence-corrected chi connectivity index (χ1v) is 10.7. The van der Waals surface area contributed by atoms with Gasteiger partial charge in [0, 0.05) is 32.7 Å². The molecule has 2 aromatic rings. The van der Waals surface area contributed by atoms with Crippen LogP contribution < -0.4 is 14.2 Å². The number of fused-ring (bicyclic) bond motifs is 1. The molecule has 0 saturated carbocycles. The van der Waals surface area contributed by atoms with Crippen LogP contribution in [-0.4, -0.2) is 54.8 Å². The van der Waals surface area contributed by atoms with Crippen LogP contribution in [0.25, 0.3) is 0 Å². The Morgan fingerprint density at radius 1 is 1.07 bits per heavy atom. The number of aryl methyl sites for hydroxylation is 1. The van der Waals surface area contributed by atoms with Crippen LogP contribution in [0.2, 0.25) is 0 Å². The minimum atomic E-state index is -0.439. The normalized spacial score (nSPS) is 17.1. The highest BCUT2D eigenvalue weighted by molar-refractivity contribution is 5.81. The minimum Gasteiger partial charge on any atom is -0.480 e. The van der Waals surface area contributed by atoms with E-state index in [1.165, 1.54) is 11.1 Å². The van der Waals surface area contributed by atoms with Crippen molar-refractivity contribution in [1.29, 1.82) is 0 Å². The molecule has 1 amide bonds. The Kier molecular flexibility index (Phi) is 6.13. The van der Waals surface area contributed by atoms with E-state index in [4.69, 9.17) is 14.2 Å². The summed E-state index contributed by atoms with van der Waals surface area (Å²) >= 11 is 0. The lowest BCUT2D eigenvalue weighted by Gasteiger charge is -2.36. The summed E-state index contributed by atoms with van der Waals surface area (Å²) in [6.07, 6.45) is 0.217. The van der Waals surface area contributed by atoms with Gasteiger partial charge in [-0.1, -0.05) is 25.1 Å². The van der Waals surface area contributed by atoms with E-state index in [1.807, 2.05) is 43.0 Å². The second kappa shape index (κ2) is 8.96. The highest BCUT2D eigenvalue weighted by Crippen LogP contribution is 2.33. The predicted octanol–water partition coefficient (Wildman–Crippen LogP) is 3.53. The van der Waals surface area contributed by atoms with Gasteiger partial charge in [0.05, 0.1) is 0 Å². The quantitative estimate of drug-likeness (QED) is 0.729. The average molecular weight is 411 g/mol. The number of ether oxygens (including phenoxy) is 3. The number of hydrogen-bond acceptors (Lipinski definition) is 5. The van der Waals surface area contributed by atoms with Crippen molar-refractivity contribution >= 4 is 5.91 Å². The molecule has 0 bridgehead atoms. The molecule has 0 spiro atoms. The third-order valence-electron chi connectivity index (χ3n) is 6.00. The molecule has 160 valence electrons. The molecule has 4 rings (SSSR count). The molecule has 2 aliphatic heterocycles. The molecule has 1 fully saturated rings. The number of hydrogen-bond donors (Lipinski definition) is 0. The molecular weight excluding hydrogens is 380 g/mol. The number of carbonyl (C=O) groups is 1. The summed E-state index contributed by atoms with van der Waals surface area (Å²) in [5.74, 6) is 2.51. The van der Waals surface area contributed by atoms with Gasteiger partial charge in [-0.3, -0.25) is 9.69 Å². The maximum absolute atomic E-state index is 13.1. The molecule has 1 atom stereocenters. The monoisotopic (exact) mass is 410 g/mol. The van der Waals surface area contributed by atoms with Crippen molar-refractivity contribution in [3.63, 3.8) is 0 Å². The average Bonchev–Trinajstić information content (AvgIpc) is 3.23. The largest absolute Gasteiger partial charge is 0.480 e. The van der Waals surface area contributed by atoms with Gasteiger partial charge in [0.1, 0.15) is 5.75 Å². The molecule has 6 nitrogen and oxygen atoms in total. The molecular formula is C24H30N2O4. The zero-order valence-corrected chi connectivity index (χ0v) is 18.0. The first-order valence-electron chi connectivity index (χ1n) is 10.7. The van der Waals surface area contributed by atoms with Crippen LogP contribution in [0.4, 0.5) is 0 Å². The molecule has 0 radical (unpaired) electrons. The van der Waals surface area contributed by atoms with Crippen LogP contribution in [0.15, 0.2) is 36.4 Å². The summed E-state index contributed by atoms with van der Waals surface area (Å²) in [7, 11) is 0. The third kappa shape index (κ3) is 4.38. The summed E-state index contributed by atoms with van der Waals surface area (Å²) in [5.41, 5.74) is 3.47. The standard InChI is InChI=1S/C24H30N2O4/c1-4-20(30-21-7-5-6-17(2)18(21)3)24(27)26-12-10-25(11-13-26)15-19-8-9-22-23(14-19)29-16-28-22/h5-9,14,20H,4,10-13,15-16H2,1-3H3/t20-/m1/s1. The van der Waals surface area contributed by atoms with E-state index in [0.29, 0.717) is 13.2 Å². The first kappa shape index (κ1) is 20.5. The van der Waals surface area contributed by atoms with E-state index < -0.39 is 6.10 Å².